The van der Waals surface area contributed by atoms with Crippen molar-refractivity contribution in [3.8, 4) is 0 Å². The fraction of sp³-hybridized carbons (Fsp3) is 0.778. The Hall–Kier alpha value is -1.20. The summed E-state index contributed by atoms with van der Waals surface area (Å²) < 4.78 is 48.3. The van der Waals surface area contributed by atoms with Crippen LogP contribution in [-0.2, 0) is 29.4 Å². The van der Waals surface area contributed by atoms with Gasteiger partial charge in [0.1, 0.15) is 15.9 Å². The van der Waals surface area contributed by atoms with E-state index in [1.165, 1.54) is 0 Å². The SMILES string of the molecule is NC(=O)C[C@@H](NS(=O)(=O)C1CCS(=O)(=O)CC1)C(=O)O. The second-order valence-electron chi connectivity index (χ2n) is 4.58. The van der Waals surface area contributed by atoms with Gasteiger partial charge in [-0.1, -0.05) is 0 Å². The van der Waals surface area contributed by atoms with E-state index in [9.17, 15) is 26.4 Å². The summed E-state index contributed by atoms with van der Waals surface area (Å²) in [6.07, 6.45) is -0.860. The Morgan fingerprint density at radius 1 is 1.30 bits per heavy atom. The van der Waals surface area contributed by atoms with Crippen LogP contribution < -0.4 is 10.5 Å². The van der Waals surface area contributed by atoms with Crippen molar-refractivity contribution in [1.29, 1.82) is 0 Å². The highest BCUT2D eigenvalue weighted by atomic mass is 32.2. The molecule has 0 unspecified atom stereocenters. The molecule has 1 aliphatic rings. The lowest BCUT2D eigenvalue weighted by Crippen LogP contribution is -2.48. The zero-order valence-corrected chi connectivity index (χ0v) is 12.1. The third-order valence-corrected chi connectivity index (χ3v) is 6.63. The molecule has 0 radical (unpaired) electrons. The average Bonchev–Trinajstić information content (AvgIpc) is 2.26. The number of carboxylic acids is 1. The van der Waals surface area contributed by atoms with Crippen molar-refractivity contribution in [2.75, 3.05) is 11.5 Å². The summed E-state index contributed by atoms with van der Waals surface area (Å²) in [5.41, 5.74) is 4.85. The minimum absolute atomic E-state index is 0.0966. The first-order chi connectivity index (χ1) is 9.03. The summed E-state index contributed by atoms with van der Waals surface area (Å²) >= 11 is 0. The molecular weight excluding hydrogens is 312 g/mol. The highest BCUT2D eigenvalue weighted by molar-refractivity contribution is 7.92. The topological polar surface area (TPSA) is 161 Å². The first-order valence-corrected chi connectivity index (χ1v) is 9.13. The molecule has 1 amide bonds. The first kappa shape index (κ1) is 16.9. The summed E-state index contributed by atoms with van der Waals surface area (Å²) in [7, 11) is -7.25. The Balaban J connectivity index is 2.78. The molecule has 0 aromatic carbocycles. The Morgan fingerprint density at radius 3 is 2.20 bits per heavy atom. The second-order valence-corrected chi connectivity index (χ2v) is 8.87. The van der Waals surface area contributed by atoms with E-state index in [2.05, 4.69) is 0 Å². The van der Waals surface area contributed by atoms with E-state index in [4.69, 9.17) is 10.8 Å². The number of aliphatic carboxylic acids is 1. The molecule has 1 atom stereocenters. The predicted octanol–water partition coefficient (Wildman–Crippen LogP) is -2.19. The van der Waals surface area contributed by atoms with Crippen molar-refractivity contribution >= 4 is 31.7 Å². The van der Waals surface area contributed by atoms with Crippen LogP contribution >= 0.6 is 0 Å². The van der Waals surface area contributed by atoms with E-state index in [0.717, 1.165) is 0 Å². The summed E-state index contributed by atoms with van der Waals surface area (Å²) in [5, 5.41) is 7.85. The van der Waals surface area contributed by atoms with Crippen LogP contribution in [0, 0.1) is 0 Å². The van der Waals surface area contributed by atoms with E-state index >= 15 is 0 Å². The number of nitrogens with one attached hydrogen (secondary N) is 1. The van der Waals surface area contributed by atoms with Gasteiger partial charge in [-0.15, -0.1) is 0 Å². The minimum Gasteiger partial charge on any atom is -0.480 e. The van der Waals surface area contributed by atoms with Gasteiger partial charge in [0.2, 0.25) is 15.9 Å². The van der Waals surface area contributed by atoms with Crippen molar-refractivity contribution in [2.45, 2.75) is 30.6 Å². The number of carboxylic acid groups (broad SMARTS) is 1. The van der Waals surface area contributed by atoms with Crippen LogP contribution in [0.4, 0.5) is 0 Å². The van der Waals surface area contributed by atoms with Crippen molar-refractivity contribution in [3.63, 3.8) is 0 Å². The molecule has 9 nitrogen and oxygen atoms in total. The molecule has 20 heavy (non-hydrogen) atoms. The van der Waals surface area contributed by atoms with Crippen LogP contribution in [-0.4, -0.2) is 56.6 Å². The van der Waals surface area contributed by atoms with Crippen molar-refractivity contribution in [3.05, 3.63) is 0 Å². The molecule has 11 heteroatoms. The number of carbonyl (C=O) groups excluding carboxylic acids is 1. The molecular formula is C9H16N2O7S2. The van der Waals surface area contributed by atoms with Crippen molar-refractivity contribution in [1.82, 2.24) is 4.72 Å². The van der Waals surface area contributed by atoms with Gasteiger partial charge in [0.05, 0.1) is 23.2 Å². The summed E-state index contributed by atoms with van der Waals surface area (Å²) in [6.45, 7) is 0. The maximum absolute atomic E-state index is 12.0. The highest BCUT2D eigenvalue weighted by Crippen LogP contribution is 2.19. The zero-order chi connectivity index (χ0) is 15.6. The number of primary amides is 1. The highest BCUT2D eigenvalue weighted by Gasteiger charge is 2.35. The number of hydrogen-bond acceptors (Lipinski definition) is 6. The van der Waals surface area contributed by atoms with Crippen molar-refractivity contribution < 1.29 is 31.5 Å². The summed E-state index contributed by atoms with van der Waals surface area (Å²) in [6, 6.07) is -1.64. The zero-order valence-electron chi connectivity index (χ0n) is 10.5. The van der Waals surface area contributed by atoms with Crippen LogP contribution in [0.2, 0.25) is 0 Å². The van der Waals surface area contributed by atoms with E-state index in [-0.39, 0.29) is 24.3 Å². The Morgan fingerprint density at radius 2 is 1.80 bits per heavy atom. The van der Waals surface area contributed by atoms with Gasteiger partial charge in [-0.25, -0.2) is 21.6 Å². The average molecular weight is 328 g/mol. The van der Waals surface area contributed by atoms with Crippen LogP contribution in [0.1, 0.15) is 19.3 Å². The van der Waals surface area contributed by atoms with Crippen LogP contribution in [0.3, 0.4) is 0 Å². The van der Waals surface area contributed by atoms with Gasteiger partial charge in [0.15, 0.2) is 0 Å². The fourth-order valence-electron chi connectivity index (χ4n) is 1.85. The predicted molar refractivity (Wildman–Crippen MR) is 69.0 cm³/mol. The van der Waals surface area contributed by atoms with E-state index in [0.29, 0.717) is 0 Å². The van der Waals surface area contributed by atoms with Crippen molar-refractivity contribution in [2.24, 2.45) is 5.73 Å². The van der Waals surface area contributed by atoms with Gasteiger partial charge in [0.25, 0.3) is 0 Å². The molecule has 0 aromatic heterocycles. The fourth-order valence-corrected chi connectivity index (χ4v) is 5.27. The number of nitrogens with two attached hydrogens (primary N) is 1. The van der Waals surface area contributed by atoms with E-state index in [1.54, 1.807) is 0 Å². The molecule has 1 heterocycles. The maximum atomic E-state index is 12.0. The number of rotatable bonds is 6. The number of amides is 1. The minimum atomic E-state index is -4.03. The standard InChI is InChI=1S/C9H16N2O7S2/c10-8(12)5-7(9(13)14)11-20(17,18)6-1-3-19(15,16)4-2-6/h6-7,11H,1-5H2,(H2,10,12)(H,13,14)/t7-/m1/s1. The van der Waals surface area contributed by atoms with Gasteiger partial charge in [-0.3, -0.25) is 9.59 Å². The lowest BCUT2D eigenvalue weighted by Gasteiger charge is -2.24. The van der Waals surface area contributed by atoms with E-state index in [1.807, 2.05) is 4.72 Å². The molecule has 0 saturated carbocycles. The maximum Gasteiger partial charge on any atom is 0.322 e. The normalized spacial score (nSPS) is 21.2. The molecule has 0 aliphatic carbocycles. The smallest absolute Gasteiger partial charge is 0.322 e. The monoisotopic (exact) mass is 328 g/mol. The van der Waals surface area contributed by atoms with Crippen LogP contribution in [0.5, 0.6) is 0 Å². The van der Waals surface area contributed by atoms with Gasteiger partial charge >= 0.3 is 5.97 Å². The summed E-state index contributed by atoms with van der Waals surface area (Å²) in [4.78, 5) is 21.6. The Labute approximate surface area is 116 Å². The molecule has 116 valence electrons. The van der Waals surface area contributed by atoms with Crippen LogP contribution in [0.15, 0.2) is 0 Å². The quantitative estimate of drug-likeness (QED) is 0.499. The largest absolute Gasteiger partial charge is 0.480 e. The number of sulfonamides is 1. The summed E-state index contributed by atoms with van der Waals surface area (Å²) in [5.74, 6) is -2.99. The molecule has 1 saturated heterocycles. The molecule has 0 spiro atoms. The molecule has 4 N–H and O–H groups in total. The number of hydrogen-bond donors (Lipinski definition) is 3. The Kier molecular flexibility index (Phi) is 5.10. The molecule has 1 rings (SSSR count). The molecule has 1 fully saturated rings. The van der Waals surface area contributed by atoms with Gasteiger partial charge in [0, 0.05) is 0 Å². The molecule has 0 aromatic rings. The third-order valence-electron chi connectivity index (χ3n) is 2.95. The number of sulfone groups is 1. The second kappa shape index (κ2) is 6.06. The third kappa shape index (κ3) is 4.72. The first-order valence-electron chi connectivity index (χ1n) is 5.76. The number of carbonyl (C=O) groups is 2. The molecule has 0 bridgehead atoms. The Bertz CT molecular complexity index is 582. The van der Waals surface area contributed by atoms with Gasteiger partial charge in [-0.05, 0) is 12.8 Å². The molecule has 1 aliphatic heterocycles. The van der Waals surface area contributed by atoms with Gasteiger partial charge in [-0.2, -0.15) is 0 Å². The lowest BCUT2D eigenvalue weighted by molar-refractivity contribution is -0.140. The van der Waals surface area contributed by atoms with Crippen LogP contribution in [0.25, 0.3) is 0 Å². The van der Waals surface area contributed by atoms with Gasteiger partial charge < -0.3 is 10.8 Å². The lowest BCUT2D eigenvalue weighted by atomic mass is 10.2. The van der Waals surface area contributed by atoms with E-state index < -0.39 is 49.4 Å².